The van der Waals surface area contributed by atoms with Crippen LogP contribution in [0.5, 0.6) is 0 Å². The van der Waals surface area contributed by atoms with Crippen molar-refractivity contribution in [2.45, 2.75) is 6.92 Å². The van der Waals surface area contributed by atoms with Crippen molar-refractivity contribution in [2.75, 3.05) is 4.72 Å². The molecule has 0 amide bonds. The van der Waals surface area contributed by atoms with Crippen molar-refractivity contribution in [1.29, 1.82) is 5.26 Å². The number of aryl methyl sites for hydroxylation is 1. The molecule has 0 fully saturated rings. The minimum atomic E-state index is -3.58. The number of anilines is 1. The summed E-state index contributed by atoms with van der Waals surface area (Å²) in [5.74, 6) is 0. The Morgan fingerprint density at radius 3 is 2.24 bits per heavy atom. The van der Waals surface area contributed by atoms with E-state index in [0.717, 1.165) is 16.5 Å². The van der Waals surface area contributed by atoms with Gasteiger partial charge in [-0.15, -0.1) is 0 Å². The van der Waals surface area contributed by atoms with Crippen molar-refractivity contribution in [3.05, 3.63) is 70.6 Å². The standard InChI is InChI=1S/C16H14N2O2S/c1-13-2-4-14(5-3-13)10-11-21(19,20)18-16-8-6-15(12-17)7-9-16/h2-11,18H,1H3/b11-10+. The molecule has 0 spiro atoms. The fourth-order valence-electron chi connectivity index (χ4n) is 1.66. The predicted octanol–water partition coefficient (Wildman–Crippen LogP) is 3.28. The van der Waals surface area contributed by atoms with Gasteiger partial charge in [0.05, 0.1) is 17.0 Å². The van der Waals surface area contributed by atoms with E-state index in [1.165, 1.54) is 6.08 Å². The second-order valence-corrected chi connectivity index (χ2v) is 6.12. The monoisotopic (exact) mass is 298 g/mol. The van der Waals surface area contributed by atoms with Gasteiger partial charge in [0.15, 0.2) is 0 Å². The summed E-state index contributed by atoms with van der Waals surface area (Å²) in [4.78, 5) is 0. The molecule has 0 aliphatic rings. The van der Waals surface area contributed by atoms with Crippen molar-refractivity contribution in [1.82, 2.24) is 0 Å². The maximum Gasteiger partial charge on any atom is 0.255 e. The molecule has 106 valence electrons. The van der Waals surface area contributed by atoms with Crippen LogP contribution in [0.15, 0.2) is 53.9 Å². The first-order chi connectivity index (χ1) is 9.98. The van der Waals surface area contributed by atoms with Gasteiger partial charge in [-0.25, -0.2) is 8.42 Å². The van der Waals surface area contributed by atoms with Crippen LogP contribution >= 0.6 is 0 Å². The topological polar surface area (TPSA) is 70.0 Å². The molecule has 21 heavy (non-hydrogen) atoms. The van der Waals surface area contributed by atoms with Crippen LogP contribution in [0.2, 0.25) is 0 Å². The number of hydrogen-bond acceptors (Lipinski definition) is 3. The molecule has 0 unspecified atom stereocenters. The number of rotatable bonds is 4. The molecule has 0 bridgehead atoms. The molecule has 0 aliphatic carbocycles. The fraction of sp³-hybridized carbons (Fsp3) is 0.0625. The van der Waals surface area contributed by atoms with Crippen LogP contribution in [0.25, 0.3) is 6.08 Å². The molecule has 4 nitrogen and oxygen atoms in total. The highest BCUT2D eigenvalue weighted by molar-refractivity contribution is 7.95. The average Bonchev–Trinajstić information content (AvgIpc) is 2.47. The lowest BCUT2D eigenvalue weighted by Gasteiger charge is -2.04. The SMILES string of the molecule is Cc1ccc(/C=C/S(=O)(=O)Nc2ccc(C#N)cc2)cc1. The molecule has 0 aromatic heterocycles. The molecule has 1 N–H and O–H groups in total. The van der Waals surface area contributed by atoms with Crippen LogP contribution < -0.4 is 4.72 Å². The lowest BCUT2D eigenvalue weighted by Crippen LogP contribution is -2.08. The summed E-state index contributed by atoms with van der Waals surface area (Å²) in [6.07, 6.45) is 1.53. The van der Waals surface area contributed by atoms with Crippen LogP contribution in [0, 0.1) is 18.3 Å². The van der Waals surface area contributed by atoms with Crippen LogP contribution in [-0.2, 0) is 10.0 Å². The molecule has 0 saturated carbocycles. The smallest absolute Gasteiger partial charge is 0.255 e. The van der Waals surface area contributed by atoms with Gasteiger partial charge in [0, 0.05) is 5.69 Å². The van der Waals surface area contributed by atoms with E-state index in [0.29, 0.717) is 11.3 Å². The molecule has 0 atom stereocenters. The first-order valence-corrected chi connectivity index (χ1v) is 7.81. The lowest BCUT2D eigenvalue weighted by molar-refractivity contribution is 0.609. The van der Waals surface area contributed by atoms with Gasteiger partial charge in [0.2, 0.25) is 0 Å². The van der Waals surface area contributed by atoms with Gasteiger partial charge in [0.25, 0.3) is 10.0 Å². The normalized spacial score (nSPS) is 11.2. The number of nitrogens with zero attached hydrogens (tertiary/aromatic N) is 1. The van der Waals surface area contributed by atoms with Crippen LogP contribution in [-0.4, -0.2) is 8.42 Å². The maximum atomic E-state index is 11.9. The zero-order valence-electron chi connectivity index (χ0n) is 11.4. The van der Waals surface area contributed by atoms with Gasteiger partial charge >= 0.3 is 0 Å². The molecule has 2 aromatic rings. The highest BCUT2D eigenvalue weighted by Crippen LogP contribution is 2.12. The molecule has 5 heteroatoms. The summed E-state index contributed by atoms with van der Waals surface area (Å²) in [5, 5.41) is 9.81. The Morgan fingerprint density at radius 1 is 1.05 bits per heavy atom. The van der Waals surface area contributed by atoms with Crippen molar-refractivity contribution in [2.24, 2.45) is 0 Å². The van der Waals surface area contributed by atoms with E-state index < -0.39 is 10.0 Å². The van der Waals surface area contributed by atoms with Crippen molar-refractivity contribution < 1.29 is 8.42 Å². The first-order valence-electron chi connectivity index (χ1n) is 6.26. The summed E-state index contributed by atoms with van der Waals surface area (Å²) >= 11 is 0. The highest BCUT2D eigenvalue weighted by Gasteiger charge is 2.05. The Balaban J connectivity index is 2.11. The van der Waals surface area contributed by atoms with Gasteiger partial charge in [-0.2, -0.15) is 5.26 Å². The Bertz CT molecular complexity index is 784. The van der Waals surface area contributed by atoms with E-state index in [1.54, 1.807) is 24.3 Å². The molecule has 2 aromatic carbocycles. The quantitative estimate of drug-likeness (QED) is 0.941. The van der Waals surface area contributed by atoms with Crippen molar-refractivity contribution in [3.63, 3.8) is 0 Å². The lowest BCUT2D eigenvalue weighted by atomic mass is 10.2. The summed E-state index contributed by atoms with van der Waals surface area (Å²) < 4.78 is 26.3. The third-order valence-electron chi connectivity index (χ3n) is 2.79. The van der Waals surface area contributed by atoms with E-state index in [2.05, 4.69) is 4.72 Å². The Hall–Kier alpha value is -2.58. The van der Waals surface area contributed by atoms with Gasteiger partial charge in [0.1, 0.15) is 0 Å². The minimum Gasteiger partial charge on any atom is -0.280 e. The number of sulfonamides is 1. The van der Waals surface area contributed by atoms with Crippen LogP contribution in [0.1, 0.15) is 16.7 Å². The summed E-state index contributed by atoms with van der Waals surface area (Å²) in [6, 6.07) is 15.7. The van der Waals surface area contributed by atoms with Gasteiger partial charge in [-0.3, -0.25) is 4.72 Å². The van der Waals surface area contributed by atoms with Crippen molar-refractivity contribution >= 4 is 21.8 Å². The van der Waals surface area contributed by atoms with E-state index in [9.17, 15) is 8.42 Å². The molecule has 0 aliphatic heterocycles. The third-order valence-corrected chi connectivity index (χ3v) is 3.81. The van der Waals surface area contributed by atoms with Crippen LogP contribution in [0.3, 0.4) is 0 Å². The molecule has 0 radical (unpaired) electrons. The van der Waals surface area contributed by atoms with Crippen LogP contribution in [0.4, 0.5) is 5.69 Å². The second-order valence-electron chi connectivity index (χ2n) is 4.55. The Kier molecular flexibility index (Phi) is 4.41. The number of nitrogens with one attached hydrogen (secondary N) is 1. The van der Waals surface area contributed by atoms with Gasteiger partial charge < -0.3 is 0 Å². The zero-order chi connectivity index (χ0) is 15.3. The van der Waals surface area contributed by atoms with E-state index >= 15 is 0 Å². The highest BCUT2D eigenvalue weighted by atomic mass is 32.2. The number of nitriles is 1. The van der Waals surface area contributed by atoms with E-state index in [4.69, 9.17) is 5.26 Å². The molecule has 0 heterocycles. The fourth-order valence-corrected chi connectivity index (χ4v) is 2.53. The third kappa shape index (κ3) is 4.48. The Labute approximate surface area is 124 Å². The second kappa shape index (κ2) is 6.25. The number of hydrogen-bond donors (Lipinski definition) is 1. The largest absolute Gasteiger partial charge is 0.280 e. The first kappa shape index (κ1) is 14.8. The maximum absolute atomic E-state index is 11.9. The van der Waals surface area contributed by atoms with Gasteiger partial charge in [-0.05, 0) is 42.8 Å². The summed E-state index contributed by atoms with van der Waals surface area (Å²) in [6.45, 7) is 1.97. The predicted molar refractivity (Wildman–Crippen MR) is 83.9 cm³/mol. The summed E-state index contributed by atoms with van der Waals surface area (Å²) in [5.41, 5.74) is 2.83. The Morgan fingerprint density at radius 2 is 1.67 bits per heavy atom. The van der Waals surface area contributed by atoms with E-state index in [1.807, 2.05) is 37.3 Å². The summed E-state index contributed by atoms with van der Waals surface area (Å²) in [7, 11) is -3.58. The minimum absolute atomic E-state index is 0.419. The van der Waals surface area contributed by atoms with Crippen molar-refractivity contribution in [3.8, 4) is 6.07 Å². The molecular weight excluding hydrogens is 284 g/mol. The van der Waals surface area contributed by atoms with E-state index in [-0.39, 0.29) is 0 Å². The molecular formula is C16H14N2O2S. The number of benzene rings is 2. The molecule has 0 saturated heterocycles. The average molecular weight is 298 g/mol. The van der Waals surface area contributed by atoms with Gasteiger partial charge in [-0.1, -0.05) is 29.8 Å². The molecule has 2 rings (SSSR count). The zero-order valence-corrected chi connectivity index (χ0v) is 12.3.